The lowest BCUT2D eigenvalue weighted by Crippen LogP contribution is -2.57. The standard InChI is InChI=1S/C18H31N3O5/c1-5-14-15(13(22)11-26-14)20-16(23)12(10-18(2,3)4)19-17(24)21-6-8-25-9-7-21/h12,14-15H,5-11H2,1-4H3,(H,19,24)(H,20,23). The first-order valence-electron chi connectivity index (χ1n) is 9.29. The molecule has 2 N–H and O–H groups in total. The smallest absolute Gasteiger partial charge is 0.318 e. The number of carbonyl (C=O) groups is 3. The molecule has 0 aromatic carbocycles. The topological polar surface area (TPSA) is 97.0 Å². The zero-order valence-corrected chi connectivity index (χ0v) is 16.2. The molecular weight excluding hydrogens is 338 g/mol. The minimum Gasteiger partial charge on any atom is -0.378 e. The Balaban J connectivity index is 2.04. The molecule has 8 nitrogen and oxygen atoms in total. The van der Waals surface area contributed by atoms with Crippen LogP contribution >= 0.6 is 0 Å². The van der Waals surface area contributed by atoms with Crippen LogP contribution in [0.2, 0.25) is 0 Å². The van der Waals surface area contributed by atoms with Crippen molar-refractivity contribution in [2.24, 2.45) is 5.41 Å². The molecule has 2 aliphatic rings. The molecule has 2 rings (SSSR count). The van der Waals surface area contributed by atoms with Crippen LogP contribution in [0, 0.1) is 5.41 Å². The van der Waals surface area contributed by atoms with E-state index in [9.17, 15) is 14.4 Å². The van der Waals surface area contributed by atoms with Crippen LogP contribution < -0.4 is 10.6 Å². The van der Waals surface area contributed by atoms with Gasteiger partial charge < -0.3 is 25.0 Å². The Morgan fingerprint density at radius 2 is 1.92 bits per heavy atom. The lowest BCUT2D eigenvalue weighted by atomic mass is 9.87. The van der Waals surface area contributed by atoms with Crippen LogP contribution in [0.3, 0.4) is 0 Å². The molecule has 2 heterocycles. The van der Waals surface area contributed by atoms with E-state index in [4.69, 9.17) is 9.47 Å². The number of nitrogens with one attached hydrogen (secondary N) is 2. The van der Waals surface area contributed by atoms with Crippen molar-refractivity contribution in [1.82, 2.24) is 15.5 Å². The average Bonchev–Trinajstić information content (AvgIpc) is 2.93. The molecular formula is C18H31N3O5. The lowest BCUT2D eigenvalue weighted by Gasteiger charge is -2.32. The monoisotopic (exact) mass is 369 g/mol. The fraction of sp³-hybridized carbons (Fsp3) is 0.833. The third kappa shape index (κ3) is 5.67. The van der Waals surface area contributed by atoms with Crippen molar-refractivity contribution in [2.45, 2.75) is 58.7 Å². The highest BCUT2D eigenvalue weighted by Crippen LogP contribution is 2.22. The van der Waals surface area contributed by atoms with E-state index in [1.807, 2.05) is 27.7 Å². The Bertz CT molecular complexity index is 525. The first kappa shape index (κ1) is 20.6. The van der Waals surface area contributed by atoms with Crippen LogP contribution in [0.15, 0.2) is 0 Å². The summed E-state index contributed by atoms with van der Waals surface area (Å²) in [6.45, 7) is 9.95. The van der Waals surface area contributed by atoms with Gasteiger partial charge in [-0.3, -0.25) is 9.59 Å². The molecule has 8 heteroatoms. The first-order chi connectivity index (χ1) is 12.2. The molecule has 3 amide bonds. The molecule has 2 aliphatic heterocycles. The van der Waals surface area contributed by atoms with Gasteiger partial charge in [0.15, 0.2) is 5.78 Å². The number of ketones is 1. The van der Waals surface area contributed by atoms with Crippen molar-refractivity contribution in [3.8, 4) is 0 Å². The minimum atomic E-state index is -0.712. The Morgan fingerprint density at radius 1 is 1.27 bits per heavy atom. The van der Waals surface area contributed by atoms with Gasteiger partial charge in [-0.1, -0.05) is 27.7 Å². The van der Waals surface area contributed by atoms with Crippen molar-refractivity contribution < 1.29 is 23.9 Å². The van der Waals surface area contributed by atoms with E-state index >= 15 is 0 Å². The number of hydrogen-bond acceptors (Lipinski definition) is 5. The molecule has 26 heavy (non-hydrogen) atoms. The van der Waals surface area contributed by atoms with E-state index in [0.717, 1.165) is 0 Å². The summed E-state index contributed by atoms with van der Waals surface area (Å²) in [6.07, 6.45) is 0.797. The maximum atomic E-state index is 12.8. The van der Waals surface area contributed by atoms with E-state index in [2.05, 4.69) is 10.6 Å². The number of hydrogen-bond donors (Lipinski definition) is 2. The second kappa shape index (κ2) is 8.81. The van der Waals surface area contributed by atoms with Crippen LogP contribution in [0.5, 0.6) is 0 Å². The molecule has 2 saturated heterocycles. The van der Waals surface area contributed by atoms with Crippen LogP contribution in [0.25, 0.3) is 0 Å². The maximum Gasteiger partial charge on any atom is 0.318 e. The number of carbonyl (C=O) groups excluding carboxylic acids is 3. The van der Waals surface area contributed by atoms with Crippen molar-refractivity contribution in [1.29, 1.82) is 0 Å². The zero-order valence-electron chi connectivity index (χ0n) is 16.2. The molecule has 0 aliphatic carbocycles. The summed E-state index contributed by atoms with van der Waals surface area (Å²) in [5.74, 6) is -0.469. The number of ether oxygens (including phenoxy) is 2. The van der Waals surface area contributed by atoms with E-state index in [1.54, 1.807) is 4.90 Å². The molecule has 2 fully saturated rings. The quantitative estimate of drug-likeness (QED) is 0.743. The van der Waals surface area contributed by atoms with Gasteiger partial charge in [0.2, 0.25) is 5.91 Å². The fourth-order valence-electron chi connectivity index (χ4n) is 3.19. The Labute approximate surface area is 155 Å². The summed E-state index contributed by atoms with van der Waals surface area (Å²) in [4.78, 5) is 39.0. The van der Waals surface area contributed by atoms with Gasteiger partial charge in [-0.15, -0.1) is 0 Å². The van der Waals surface area contributed by atoms with Gasteiger partial charge in [-0.25, -0.2) is 4.79 Å². The molecule has 0 radical (unpaired) electrons. The highest BCUT2D eigenvalue weighted by Gasteiger charge is 2.38. The van der Waals surface area contributed by atoms with Crippen molar-refractivity contribution in [3.05, 3.63) is 0 Å². The average molecular weight is 369 g/mol. The zero-order chi connectivity index (χ0) is 19.3. The summed E-state index contributed by atoms with van der Waals surface area (Å²) in [5.41, 5.74) is -0.166. The first-order valence-corrected chi connectivity index (χ1v) is 9.29. The maximum absolute atomic E-state index is 12.8. The van der Waals surface area contributed by atoms with Gasteiger partial charge in [-0.05, 0) is 18.3 Å². The number of nitrogens with zero attached hydrogens (tertiary/aromatic N) is 1. The third-order valence-corrected chi connectivity index (χ3v) is 4.59. The molecule has 0 bridgehead atoms. The molecule has 148 valence electrons. The van der Waals surface area contributed by atoms with Crippen LogP contribution in [-0.4, -0.2) is 73.7 Å². The van der Waals surface area contributed by atoms with Gasteiger partial charge in [0.05, 0.1) is 19.3 Å². The number of rotatable bonds is 5. The predicted molar refractivity (Wildman–Crippen MR) is 95.8 cm³/mol. The highest BCUT2D eigenvalue weighted by molar-refractivity contribution is 5.94. The molecule has 3 atom stereocenters. The van der Waals surface area contributed by atoms with Gasteiger partial charge in [0.1, 0.15) is 18.7 Å². The van der Waals surface area contributed by atoms with Crippen molar-refractivity contribution >= 4 is 17.7 Å². The molecule has 0 spiro atoms. The largest absolute Gasteiger partial charge is 0.378 e. The van der Waals surface area contributed by atoms with E-state index < -0.39 is 12.1 Å². The molecule has 0 saturated carbocycles. The van der Waals surface area contributed by atoms with Crippen molar-refractivity contribution in [3.63, 3.8) is 0 Å². The summed E-state index contributed by atoms with van der Waals surface area (Å²) in [5, 5.41) is 5.62. The van der Waals surface area contributed by atoms with Gasteiger partial charge in [0, 0.05) is 13.1 Å². The number of morpholine rings is 1. The summed E-state index contributed by atoms with van der Waals surface area (Å²) in [7, 11) is 0. The Morgan fingerprint density at radius 3 is 2.50 bits per heavy atom. The number of amides is 3. The minimum absolute atomic E-state index is 0.0214. The molecule has 0 aromatic rings. The van der Waals surface area contributed by atoms with Gasteiger partial charge in [-0.2, -0.15) is 0 Å². The van der Waals surface area contributed by atoms with Crippen LogP contribution in [0.1, 0.15) is 40.5 Å². The van der Waals surface area contributed by atoms with Crippen LogP contribution in [-0.2, 0) is 19.1 Å². The summed E-state index contributed by atoms with van der Waals surface area (Å²) >= 11 is 0. The number of urea groups is 1. The van der Waals surface area contributed by atoms with Gasteiger partial charge in [0.25, 0.3) is 0 Å². The SMILES string of the molecule is CCC1OCC(=O)C1NC(=O)C(CC(C)(C)C)NC(=O)N1CCOCC1. The Kier molecular flexibility index (Phi) is 7.00. The van der Waals surface area contributed by atoms with E-state index in [-0.39, 0.29) is 35.8 Å². The summed E-state index contributed by atoms with van der Waals surface area (Å²) in [6, 6.07) is -1.63. The Hall–Kier alpha value is -1.67. The lowest BCUT2D eigenvalue weighted by molar-refractivity contribution is -0.128. The normalized spacial score (nSPS) is 25.1. The van der Waals surface area contributed by atoms with Gasteiger partial charge >= 0.3 is 6.03 Å². The highest BCUT2D eigenvalue weighted by atomic mass is 16.5. The van der Waals surface area contributed by atoms with E-state index in [1.165, 1.54) is 0 Å². The molecule has 3 unspecified atom stereocenters. The predicted octanol–water partition coefficient (Wildman–Crippen LogP) is 0.696. The number of Topliss-reactive ketones (excluding diaryl/α,β-unsaturated/α-hetero) is 1. The van der Waals surface area contributed by atoms with Crippen LogP contribution in [0.4, 0.5) is 4.79 Å². The molecule has 0 aromatic heterocycles. The second-order valence-electron chi connectivity index (χ2n) is 8.08. The summed E-state index contributed by atoms with van der Waals surface area (Å²) < 4.78 is 10.7. The fourth-order valence-corrected chi connectivity index (χ4v) is 3.19. The van der Waals surface area contributed by atoms with E-state index in [0.29, 0.717) is 39.1 Å². The third-order valence-electron chi connectivity index (χ3n) is 4.59. The second-order valence-corrected chi connectivity index (χ2v) is 8.08. The van der Waals surface area contributed by atoms with Crippen molar-refractivity contribution in [2.75, 3.05) is 32.9 Å².